The van der Waals surface area contributed by atoms with Crippen LogP contribution < -0.4 is 25.6 Å². The Morgan fingerprint density at radius 2 is 1.12 bits per heavy atom. The van der Waals surface area contributed by atoms with E-state index in [4.69, 9.17) is 15.0 Å². The molecule has 2 fully saturated rings. The monoisotopic (exact) mass is 884 g/mol. The van der Waals surface area contributed by atoms with E-state index in [0.29, 0.717) is 11.8 Å². The van der Waals surface area contributed by atoms with Crippen LogP contribution in [0.5, 0.6) is 0 Å². The fourth-order valence-electron chi connectivity index (χ4n) is 11.8. The number of aromatic nitrogens is 3. The van der Waals surface area contributed by atoms with Crippen LogP contribution in [0.15, 0.2) is 159 Å². The second kappa shape index (κ2) is 17.9. The topological polar surface area (TPSA) is 57.2 Å². The molecule has 68 heavy (non-hydrogen) atoms. The molecule has 6 nitrogen and oxygen atoms in total. The van der Waals surface area contributed by atoms with E-state index in [1.165, 1.54) is 107 Å². The number of rotatable bonds is 10. The zero-order valence-electron chi connectivity index (χ0n) is 38.6. The zero-order valence-corrected chi connectivity index (χ0v) is 38.6. The van der Waals surface area contributed by atoms with E-state index >= 15 is 0 Å². The Balaban J connectivity index is 1.14. The number of pyridine rings is 3. The second-order valence-corrected chi connectivity index (χ2v) is 19.0. The quantitative estimate of drug-likeness (QED) is 0.138. The summed E-state index contributed by atoms with van der Waals surface area (Å²) in [6.45, 7) is 8.28. The molecule has 12 rings (SSSR count). The van der Waals surface area contributed by atoms with Crippen molar-refractivity contribution in [3.05, 3.63) is 192 Å². The van der Waals surface area contributed by atoms with Gasteiger partial charge in [-0.25, -0.2) is 15.0 Å². The summed E-state index contributed by atoms with van der Waals surface area (Å²) in [6.07, 6.45) is 26.2. The first-order valence-corrected chi connectivity index (χ1v) is 24.7. The van der Waals surface area contributed by atoms with Gasteiger partial charge in [0.05, 0.1) is 0 Å². The summed E-state index contributed by atoms with van der Waals surface area (Å²) in [5.74, 6) is 3.46. The highest BCUT2D eigenvalue weighted by atomic mass is 15.3. The summed E-state index contributed by atoms with van der Waals surface area (Å²) in [4.78, 5) is 20.2. The van der Waals surface area contributed by atoms with Gasteiger partial charge in [-0.05, 0) is 151 Å². The van der Waals surface area contributed by atoms with Gasteiger partial charge in [-0.1, -0.05) is 149 Å². The molecule has 3 aliphatic rings. The van der Waals surface area contributed by atoms with Gasteiger partial charge >= 0.3 is 0 Å². The third-order valence-electron chi connectivity index (χ3n) is 15.1. The lowest BCUT2D eigenvalue weighted by Gasteiger charge is -2.34. The molecule has 1 N–H and O–H groups in total. The van der Waals surface area contributed by atoms with Crippen molar-refractivity contribution < 1.29 is 0 Å². The maximum Gasteiger partial charge on any atom is 0.146 e. The van der Waals surface area contributed by atoms with E-state index in [1.807, 2.05) is 30.7 Å². The molecular weight excluding hydrogens is 829 g/mol. The summed E-state index contributed by atoms with van der Waals surface area (Å²) < 4.78 is 0. The molecule has 1 unspecified atom stereocenters. The highest BCUT2D eigenvalue weighted by Crippen LogP contribution is 2.50. The molecule has 6 heteroatoms. The van der Waals surface area contributed by atoms with Crippen molar-refractivity contribution in [2.24, 2.45) is 0 Å². The van der Waals surface area contributed by atoms with Crippen molar-refractivity contribution in [2.45, 2.75) is 82.2 Å². The van der Waals surface area contributed by atoms with E-state index in [2.05, 4.69) is 168 Å². The lowest BCUT2D eigenvalue weighted by Crippen LogP contribution is -2.46. The first-order chi connectivity index (χ1) is 33.6. The standard InChI is InChI=1S/C62H56N6/c1-3-41-33-57(64-38-42(41)4-2)67(58-34-46-22-11-13-24-48(46)39-65-58)50-27-29-53-55(36-50)61(45-20-9-6-10-21-45)56-37-51(28-30-54(56)60(53)44-18-7-5-8-19-44)68(59-35-47-23-12-14-25-49(47)40-66-59)62-52-26-16-15-17-43(52)31-32-63-62/h3-4,11-17,22-40,44-45,58,65H,1-2,5-10,18-21H2. The summed E-state index contributed by atoms with van der Waals surface area (Å²) in [7, 11) is 0. The van der Waals surface area contributed by atoms with Gasteiger partial charge < -0.3 is 10.2 Å². The van der Waals surface area contributed by atoms with E-state index < -0.39 is 0 Å². The molecule has 3 aromatic heterocycles. The van der Waals surface area contributed by atoms with Gasteiger partial charge in [0, 0.05) is 46.9 Å². The van der Waals surface area contributed by atoms with Crippen molar-refractivity contribution in [3.8, 4) is 0 Å². The SMILES string of the molecule is C=Cc1cnc(N(c2ccc3c(C4CCCCC4)c4ccc(N(c5cc6ccccc6cn5)c5nccc6ccccc56)cc4c(C4CCCCC4)c3c2)C2C=c3ccccc3=CN2)cc1C=C. The minimum atomic E-state index is -0.193. The lowest BCUT2D eigenvalue weighted by atomic mass is 9.74. The molecule has 9 aromatic rings. The first-order valence-electron chi connectivity index (χ1n) is 24.7. The molecule has 0 amide bonds. The van der Waals surface area contributed by atoms with Crippen molar-refractivity contribution in [2.75, 3.05) is 9.80 Å². The fraction of sp³-hybridized carbons (Fsp3) is 0.210. The molecular formula is C62H56N6. The number of benzene rings is 6. The molecule has 0 spiro atoms. The summed E-state index contributed by atoms with van der Waals surface area (Å²) in [5, 5.41) is 16.1. The van der Waals surface area contributed by atoms with Crippen LogP contribution in [-0.4, -0.2) is 21.1 Å². The van der Waals surface area contributed by atoms with Crippen molar-refractivity contribution in [3.63, 3.8) is 0 Å². The van der Waals surface area contributed by atoms with E-state index in [9.17, 15) is 0 Å². The highest BCUT2D eigenvalue weighted by molar-refractivity contribution is 6.09. The predicted octanol–water partition coefficient (Wildman–Crippen LogP) is 14.6. The maximum absolute atomic E-state index is 5.19. The smallest absolute Gasteiger partial charge is 0.146 e. The molecule has 1 atom stereocenters. The summed E-state index contributed by atoms with van der Waals surface area (Å²) >= 11 is 0. The first kappa shape index (κ1) is 41.8. The number of fused-ring (bicyclic) bond motifs is 5. The Morgan fingerprint density at radius 1 is 0.500 bits per heavy atom. The number of nitrogens with one attached hydrogen (secondary N) is 1. The van der Waals surface area contributed by atoms with Crippen LogP contribution in [0.3, 0.4) is 0 Å². The Labute approximate surface area is 398 Å². The van der Waals surface area contributed by atoms with Gasteiger partial charge in [0.25, 0.3) is 0 Å². The van der Waals surface area contributed by atoms with Crippen LogP contribution in [0, 0.1) is 0 Å². The normalized spacial score (nSPS) is 16.4. The number of nitrogens with zero attached hydrogens (tertiary/aromatic N) is 5. The Hall–Kier alpha value is -7.57. The summed E-state index contributed by atoms with van der Waals surface area (Å²) in [6, 6.07) is 46.8. The minimum absolute atomic E-state index is 0.193. The molecule has 1 aliphatic heterocycles. The van der Waals surface area contributed by atoms with Crippen LogP contribution in [0.1, 0.15) is 98.3 Å². The largest absolute Gasteiger partial charge is 0.367 e. The van der Waals surface area contributed by atoms with Crippen molar-refractivity contribution >= 4 is 96.3 Å². The molecule has 0 saturated heterocycles. The average Bonchev–Trinajstić information content (AvgIpc) is 3.40. The minimum Gasteiger partial charge on any atom is -0.367 e. The number of hydrogen-bond acceptors (Lipinski definition) is 6. The fourth-order valence-corrected chi connectivity index (χ4v) is 11.8. The molecule has 2 saturated carbocycles. The van der Waals surface area contributed by atoms with Gasteiger partial charge in [0.15, 0.2) is 0 Å². The van der Waals surface area contributed by atoms with E-state index in [1.54, 1.807) is 0 Å². The number of anilines is 5. The second-order valence-electron chi connectivity index (χ2n) is 19.0. The van der Waals surface area contributed by atoms with Crippen molar-refractivity contribution in [1.82, 2.24) is 20.3 Å². The van der Waals surface area contributed by atoms with Gasteiger partial charge in [-0.2, -0.15) is 0 Å². The van der Waals surface area contributed by atoms with Crippen LogP contribution in [0.25, 0.3) is 67.5 Å². The third-order valence-corrected chi connectivity index (χ3v) is 15.1. The number of hydrogen-bond donors (Lipinski definition) is 1. The Kier molecular flexibility index (Phi) is 11.0. The molecule has 0 radical (unpaired) electrons. The van der Waals surface area contributed by atoms with Gasteiger partial charge in [-0.3, -0.25) is 4.90 Å². The van der Waals surface area contributed by atoms with Gasteiger partial charge in [0.1, 0.15) is 23.6 Å². The molecule has 334 valence electrons. The molecule has 6 aromatic carbocycles. The Bertz CT molecular complexity index is 3540. The molecule has 0 bridgehead atoms. The van der Waals surface area contributed by atoms with Crippen molar-refractivity contribution in [1.29, 1.82) is 0 Å². The van der Waals surface area contributed by atoms with Crippen LogP contribution in [0.2, 0.25) is 0 Å². The molecule has 2 aliphatic carbocycles. The third kappa shape index (κ3) is 7.49. The summed E-state index contributed by atoms with van der Waals surface area (Å²) in [5.41, 5.74) is 7.09. The van der Waals surface area contributed by atoms with Crippen LogP contribution in [0.4, 0.5) is 28.8 Å². The predicted molar refractivity (Wildman–Crippen MR) is 286 cm³/mol. The average molecular weight is 885 g/mol. The zero-order chi connectivity index (χ0) is 45.6. The highest BCUT2D eigenvalue weighted by Gasteiger charge is 2.30. The van der Waals surface area contributed by atoms with Gasteiger partial charge in [-0.15, -0.1) is 0 Å². The molecule has 4 heterocycles. The van der Waals surface area contributed by atoms with Crippen LogP contribution >= 0.6 is 0 Å². The lowest BCUT2D eigenvalue weighted by molar-refractivity contribution is 0.445. The maximum atomic E-state index is 5.19. The Morgan fingerprint density at radius 3 is 1.85 bits per heavy atom. The van der Waals surface area contributed by atoms with Crippen LogP contribution in [-0.2, 0) is 0 Å². The van der Waals surface area contributed by atoms with E-state index in [0.717, 1.165) is 61.5 Å². The van der Waals surface area contributed by atoms with Gasteiger partial charge in [0.2, 0.25) is 0 Å². The van der Waals surface area contributed by atoms with E-state index in [-0.39, 0.29) is 6.17 Å².